The molecule has 4 rings (SSSR count). The van der Waals surface area contributed by atoms with E-state index < -0.39 is 40.0 Å². The number of hydrogen-bond acceptors (Lipinski definition) is 7. The summed E-state index contributed by atoms with van der Waals surface area (Å²) in [4.78, 5) is 22.7. The largest absolute Gasteiger partial charge is 0.453 e. The van der Waals surface area contributed by atoms with Crippen molar-refractivity contribution in [2.75, 3.05) is 13.7 Å². The third kappa shape index (κ3) is 4.32. The van der Waals surface area contributed by atoms with Gasteiger partial charge in [-0.2, -0.15) is 8.78 Å². The SMILES string of the molecule is COC(=O)N1[C@H](C)C[C@H](NS(=O)(=O)C(F)F)[C@@H]1CO[C@H]1CC[C@@]2(c3ncccn3)C(C)C2C1. The molecule has 9 nitrogen and oxygen atoms in total. The van der Waals surface area contributed by atoms with Crippen LogP contribution in [0.15, 0.2) is 18.5 Å². The number of hydrogen-bond donors (Lipinski definition) is 1. The molecule has 12 heteroatoms. The van der Waals surface area contributed by atoms with Crippen molar-refractivity contribution in [3.63, 3.8) is 0 Å². The standard InChI is InChI=1S/C21H30F2N4O5S/c1-12-9-16(26-33(29,30)19(22)23)17(27(12)20(28)31-3)11-32-14-5-6-21(13(2)15(21)10-14)18-24-7-4-8-25-18/h4,7-8,12-17,19,26H,5-6,9-11H2,1-3H3/t12-,13?,14+,15?,16+,17+,21-/m1/s1. The van der Waals surface area contributed by atoms with E-state index in [4.69, 9.17) is 9.47 Å². The number of nitrogens with one attached hydrogen (secondary N) is 1. The summed E-state index contributed by atoms with van der Waals surface area (Å²) in [7, 11) is -3.59. The quantitative estimate of drug-likeness (QED) is 0.627. The summed E-state index contributed by atoms with van der Waals surface area (Å²) in [6.45, 7) is 3.94. The zero-order valence-electron chi connectivity index (χ0n) is 18.9. The lowest BCUT2D eigenvalue weighted by Gasteiger charge is -2.32. The van der Waals surface area contributed by atoms with Gasteiger partial charge >= 0.3 is 11.9 Å². The molecule has 7 atom stereocenters. The van der Waals surface area contributed by atoms with Gasteiger partial charge in [0, 0.05) is 29.9 Å². The second kappa shape index (κ2) is 9.03. The first-order valence-electron chi connectivity index (χ1n) is 11.2. The van der Waals surface area contributed by atoms with Crippen LogP contribution < -0.4 is 4.72 Å². The maximum absolute atomic E-state index is 13.0. The van der Waals surface area contributed by atoms with Crippen LogP contribution in [0.25, 0.3) is 0 Å². The Kier molecular flexibility index (Phi) is 6.62. The number of nitrogens with zero attached hydrogens (tertiary/aromatic N) is 3. The third-order valence-corrected chi connectivity index (χ3v) is 8.78. The average molecular weight is 489 g/mol. The van der Waals surface area contributed by atoms with Gasteiger partial charge in [0.2, 0.25) is 0 Å². The molecule has 1 aromatic rings. The fraction of sp³-hybridized carbons (Fsp3) is 0.762. The van der Waals surface area contributed by atoms with Gasteiger partial charge in [0.1, 0.15) is 5.82 Å². The third-order valence-electron chi connectivity index (χ3n) is 7.68. The van der Waals surface area contributed by atoms with Crippen molar-refractivity contribution in [1.82, 2.24) is 19.6 Å². The fourth-order valence-electron chi connectivity index (χ4n) is 5.93. The van der Waals surface area contributed by atoms with Gasteiger partial charge in [-0.05, 0) is 50.5 Å². The van der Waals surface area contributed by atoms with E-state index in [0.29, 0.717) is 11.8 Å². The molecular weight excluding hydrogens is 458 g/mol. The summed E-state index contributed by atoms with van der Waals surface area (Å²) < 4.78 is 62.6. The minimum Gasteiger partial charge on any atom is -0.453 e. The molecule has 184 valence electrons. The van der Waals surface area contributed by atoms with Crippen LogP contribution in [-0.2, 0) is 24.9 Å². The molecule has 1 amide bonds. The van der Waals surface area contributed by atoms with E-state index >= 15 is 0 Å². The maximum atomic E-state index is 13.0. The van der Waals surface area contributed by atoms with E-state index in [1.807, 2.05) is 0 Å². The van der Waals surface area contributed by atoms with Gasteiger partial charge in [0.25, 0.3) is 10.0 Å². The Morgan fingerprint density at radius 3 is 2.61 bits per heavy atom. The Hall–Kier alpha value is -1.92. The molecule has 2 aliphatic carbocycles. The van der Waals surface area contributed by atoms with Gasteiger partial charge in [-0.3, -0.25) is 4.90 Å². The monoisotopic (exact) mass is 488 g/mol. The molecule has 0 radical (unpaired) electrons. The van der Waals surface area contributed by atoms with Crippen LogP contribution in [0.2, 0.25) is 0 Å². The zero-order chi connectivity index (χ0) is 24.0. The average Bonchev–Trinajstić information content (AvgIpc) is 3.27. The van der Waals surface area contributed by atoms with Crippen molar-refractivity contribution in [1.29, 1.82) is 0 Å². The number of rotatable bonds is 7. The van der Waals surface area contributed by atoms with Crippen LogP contribution >= 0.6 is 0 Å². The summed E-state index contributed by atoms with van der Waals surface area (Å²) in [5.41, 5.74) is -0.0313. The molecule has 2 heterocycles. The number of ether oxygens (including phenoxy) is 2. The number of fused-ring (bicyclic) bond motifs is 1. The predicted molar refractivity (Wildman–Crippen MR) is 114 cm³/mol. The van der Waals surface area contributed by atoms with E-state index in [1.54, 1.807) is 25.4 Å². The summed E-state index contributed by atoms with van der Waals surface area (Å²) in [5.74, 6) is -1.88. The van der Waals surface area contributed by atoms with Crippen LogP contribution in [0.3, 0.4) is 0 Å². The number of amides is 1. The maximum Gasteiger partial charge on any atom is 0.410 e. The smallest absolute Gasteiger partial charge is 0.410 e. The van der Waals surface area contributed by atoms with Crippen molar-refractivity contribution < 1.29 is 31.5 Å². The van der Waals surface area contributed by atoms with E-state index in [2.05, 4.69) is 21.6 Å². The Morgan fingerprint density at radius 2 is 2.00 bits per heavy atom. The lowest BCUT2D eigenvalue weighted by molar-refractivity contribution is -0.0104. The molecule has 3 aliphatic rings. The number of carbonyl (C=O) groups is 1. The topological polar surface area (TPSA) is 111 Å². The second-order valence-corrected chi connectivity index (χ2v) is 11.0. The normalized spacial score (nSPS) is 36.0. The molecular formula is C21H30F2N4O5S. The summed E-state index contributed by atoms with van der Waals surface area (Å²) in [6, 6.07) is -0.236. The Labute approximate surface area is 192 Å². The zero-order valence-corrected chi connectivity index (χ0v) is 19.7. The first-order valence-corrected chi connectivity index (χ1v) is 12.7. The van der Waals surface area contributed by atoms with Crippen molar-refractivity contribution in [2.45, 2.75) is 74.9 Å². The van der Waals surface area contributed by atoms with Crippen molar-refractivity contribution >= 4 is 16.1 Å². The highest BCUT2D eigenvalue weighted by atomic mass is 32.2. The van der Waals surface area contributed by atoms with Crippen LogP contribution in [-0.4, -0.2) is 73.1 Å². The van der Waals surface area contributed by atoms with Crippen LogP contribution in [0.4, 0.5) is 13.6 Å². The lowest BCUT2D eigenvalue weighted by Crippen LogP contribution is -2.51. The number of likely N-dealkylation sites (tertiary alicyclic amines) is 1. The van der Waals surface area contributed by atoms with E-state index in [9.17, 15) is 22.0 Å². The fourth-order valence-corrected chi connectivity index (χ4v) is 6.70. The summed E-state index contributed by atoms with van der Waals surface area (Å²) >= 11 is 0. The van der Waals surface area contributed by atoms with Crippen molar-refractivity contribution in [3.05, 3.63) is 24.3 Å². The van der Waals surface area contributed by atoms with Gasteiger partial charge in [-0.15, -0.1) is 0 Å². The van der Waals surface area contributed by atoms with Crippen LogP contribution in [0.1, 0.15) is 45.4 Å². The van der Waals surface area contributed by atoms with Gasteiger partial charge in [-0.25, -0.2) is 27.9 Å². The number of aromatic nitrogens is 2. The molecule has 0 spiro atoms. The highest BCUT2D eigenvalue weighted by Crippen LogP contribution is 2.66. The molecule has 3 fully saturated rings. The predicted octanol–water partition coefficient (Wildman–Crippen LogP) is 2.29. The molecule has 1 aliphatic heterocycles. The molecule has 2 unspecified atom stereocenters. The minimum atomic E-state index is -4.82. The number of carbonyl (C=O) groups excluding carboxylic acids is 1. The molecule has 2 saturated carbocycles. The molecule has 1 N–H and O–H groups in total. The molecule has 33 heavy (non-hydrogen) atoms. The van der Waals surface area contributed by atoms with E-state index in [-0.39, 0.29) is 24.5 Å². The van der Waals surface area contributed by atoms with Crippen molar-refractivity contribution in [3.8, 4) is 0 Å². The number of halogens is 2. The van der Waals surface area contributed by atoms with Gasteiger partial charge < -0.3 is 9.47 Å². The highest BCUT2D eigenvalue weighted by Gasteiger charge is 2.66. The van der Waals surface area contributed by atoms with Gasteiger partial charge in [0.05, 0.1) is 25.9 Å². The second-order valence-electron chi connectivity index (χ2n) is 9.30. The van der Waals surface area contributed by atoms with Gasteiger partial charge in [-0.1, -0.05) is 6.92 Å². The Morgan fingerprint density at radius 1 is 1.30 bits per heavy atom. The van der Waals surface area contributed by atoms with E-state index in [0.717, 1.165) is 25.1 Å². The lowest BCUT2D eigenvalue weighted by atomic mass is 9.85. The van der Waals surface area contributed by atoms with E-state index in [1.165, 1.54) is 12.0 Å². The minimum absolute atomic E-state index is 0.0243. The first-order chi connectivity index (χ1) is 15.6. The highest BCUT2D eigenvalue weighted by molar-refractivity contribution is 7.89. The Balaban J connectivity index is 1.43. The number of sulfonamides is 1. The number of methoxy groups -OCH3 is 1. The molecule has 1 aromatic heterocycles. The van der Waals surface area contributed by atoms with Gasteiger partial charge in [0.15, 0.2) is 0 Å². The summed E-state index contributed by atoms with van der Waals surface area (Å²) in [5, 5.41) is 0. The number of alkyl halides is 2. The Bertz CT molecular complexity index is 969. The van der Waals surface area contributed by atoms with Crippen LogP contribution in [0, 0.1) is 11.8 Å². The first kappa shape index (κ1) is 24.2. The molecule has 1 saturated heterocycles. The van der Waals surface area contributed by atoms with Crippen LogP contribution in [0.5, 0.6) is 0 Å². The molecule has 0 bridgehead atoms. The molecule has 0 aromatic carbocycles. The van der Waals surface area contributed by atoms with Crippen molar-refractivity contribution in [2.24, 2.45) is 11.8 Å². The summed E-state index contributed by atoms with van der Waals surface area (Å²) in [6.07, 6.45) is 5.41.